The molecule has 0 aromatic carbocycles. The lowest BCUT2D eigenvalue weighted by Gasteiger charge is -2.18. The Balaban J connectivity index is 4.13. The van der Waals surface area contributed by atoms with Crippen LogP contribution in [0.5, 0.6) is 0 Å². The molecular formula is C62H116O6. The molecule has 1 atom stereocenters. The van der Waals surface area contributed by atoms with Crippen LogP contribution in [-0.2, 0) is 28.6 Å². The Kier molecular flexibility index (Phi) is 55.7. The lowest BCUT2D eigenvalue weighted by atomic mass is 10.0. The van der Waals surface area contributed by atoms with E-state index < -0.39 is 6.10 Å². The van der Waals surface area contributed by atoms with Crippen molar-refractivity contribution in [2.45, 2.75) is 341 Å². The predicted octanol–water partition coefficient (Wildman–Crippen LogP) is 20.3. The van der Waals surface area contributed by atoms with E-state index in [1.165, 1.54) is 225 Å². The van der Waals surface area contributed by atoms with E-state index in [0.29, 0.717) is 19.3 Å². The zero-order chi connectivity index (χ0) is 49.3. The molecule has 0 aliphatic carbocycles. The van der Waals surface area contributed by atoms with Crippen molar-refractivity contribution in [1.82, 2.24) is 0 Å². The third-order valence-electron chi connectivity index (χ3n) is 13.7. The highest BCUT2D eigenvalue weighted by atomic mass is 16.6. The summed E-state index contributed by atoms with van der Waals surface area (Å²) in [5.41, 5.74) is 0. The summed E-state index contributed by atoms with van der Waals surface area (Å²) >= 11 is 0. The maximum atomic E-state index is 12.8. The number of carbonyl (C=O) groups is 3. The molecular weight excluding hydrogens is 841 g/mol. The largest absolute Gasteiger partial charge is 0.462 e. The van der Waals surface area contributed by atoms with Gasteiger partial charge in [-0.05, 0) is 64.2 Å². The minimum absolute atomic E-state index is 0.0731. The summed E-state index contributed by atoms with van der Waals surface area (Å²) in [6.45, 7) is 6.62. The fourth-order valence-electron chi connectivity index (χ4n) is 9.07. The average Bonchev–Trinajstić information content (AvgIpc) is 3.34. The molecule has 0 amide bonds. The number of rotatable bonds is 56. The SMILES string of the molecule is CCCC/C=C\CCCCCCCC(=O)OCC(COC(=O)CCCCCCCCCCCCCCCCCCCCCCCCCCCC)OC(=O)CCCCCCC/C=C\CCCCCC. The van der Waals surface area contributed by atoms with Gasteiger partial charge >= 0.3 is 17.9 Å². The molecule has 0 rings (SSSR count). The summed E-state index contributed by atoms with van der Waals surface area (Å²) in [6.07, 6.45) is 67.7. The summed E-state index contributed by atoms with van der Waals surface area (Å²) < 4.78 is 16.8. The second-order valence-electron chi connectivity index (χ2n) is 20.6. The number of unbranched alkanes of at least 4 members (excludes halogenated alkanes) is 41. The lowest BCUT2D eigenvalue weighted by molar-refractivity contribution is -0.167. The Bertz CT molecular complexity index is 1100. The Morgan fingerprint density at radius 1 is 0.279 bits per heavy atom. The van der Waals surface area contributed by atoms with Crippen LogP contribution < -0.4 is 0 Å². The van der Waals surface area contributed by atoms with E-state index in [1.807, 2.05) is 0 Å². The minimum Gasteiger partial charge on any atom is -0.462 e. The van der Waals surface area contributed by atoms with E-state index in [4.69, 9.17) is 14.2 Å². The Morgan fingerprint density at radius 3 is 0.794 bits per heavy atom. The molecule has 0 aromatic rings. The first-order chi connectivity index (χ1) is 33.5. The van der Waals surface area contributed by atoms with Crippen LogP contribution in [0.2, 0.25) is 0 Å². The molecule has 68 heavy (non-hydrogen) atoms. The third kappa shape index (κ3) is 54.8. The van der Waals surface area contributed by atoms with Crippen LogP contribution in [0.1, 0.15) is 335 Å². The van der Waals surface area contributed by atoms with Gasteiger partial charge in [0.25, 0.3) is 0 Å². The molecule has 400 valence electrons. The van der Waals surface area contributed by atoms with Gasteiger partial charge in [-0.3, -0.25) is 14.4 Å². The summed E-state index contributed by atoms with van der Waals surface area (Å²) in [5.74, 6) is -0.874. The molecule has 1 unspecified atom stereocenters. The molecule has 0 spiro atoms. The summed E-state index contributed by atoms with van der Waals surface area (Å²) in [4.78, 5) is 38.1. The van der Waals surface area contributed by atoms with Crippen LogP contribution in [-0.4, -0.2) is 37.2 Å². The molecule has 0 N–H and O–H groups in total. The predicted molar refractivity (Wildman–Crippen MR) is 293 cm³/mol. The quantitative estimate of drug-likeness (QED) is 0.0262. The normalized spacial score (nSPS) is 12.1. The van der Waals surface area contributed by atoms with E-state index in [1.54, 1.807) is 0 Å². The first-order valence-corrected chi connectivity index (χ1v) is 30.3. The van der Waals surface area contributed by atoms with Gasteiger partial charge in [0, 0.05) is 19.3 Å². The second kappa shape index (κ2) is 57.5. The molecule has 0 fully saturated rings. The molecule has 0 aliphatic rings. The Morgan fingerprint density at radius 2 is 0.500 bits per heavy atom. The van der Waals surface area contributed by atoms with Gasteiger partial charge in [-0.15, -0.1) is 0 Å². The van der Waals surface area contributed by atoms with Gasteiger partial charge in [-0.25, -0.2) is 0 Å². The van der Waals surface area contributed by atoms with Crippen LogP contribution in [0.15, 0.2) is 24.3 Å². The second-order valence-corrected chi connectivity index (χ2v) is 20.6. The van der Waals surface area contributed by atoms with Crippen molar-refractivity contribution in [2.24, 2.45) is 0 Å². The van der Waals surface area contributed by atoms with Gasteiger partial charge in [0.15, 0.2) is 6.10 Å². The van der Waals surface area contributed by atoms with Crippen LogP contribution in [0, 0.1) is 0 Å². The molecule has 0 aromatic heterocycles. The van der Waals surface area contributed by atoms with E-state index in [2.05, 4.69) is 45.1 Å². The zero-order valence-corrected chi connectivity index (χ0v) is 45.9. The zero-order valence-electron chi connectivity index (χ0n) is 45.9. The van der Waals surface area contributed by atoms with Gasteiger partial charge in [0.1, 0.15) is 13.2 Å². The number of ether oxygens (including phenoxy) is 3. The van der Waals surface area contributed by atoms with Crippen LogP contribution in [0.4, 0.5) is 0 Å². The molecule has 6 heteroatoms. The van der Waals surface area contributed by atoms with E-state index in [0.717, 1.165) is 70.6 Å². The molecule has 0 bridgehead atoms. The van der Waals surface area contributed by atoms with E-state index in [-0.39, 0.29) is 31.1 Å². The van der Waals surface area contributed by atoms with Crippen molar-refractivity contribution in [2.75, 3.05) is 13.2 Å². The monoisotopic (exact) mass is 957 g/mol. The van der Waals surface area contributed by atoms with Gasteiger partial charge in [-0.1, -0.05) is 276 Å². The van der Waals surface area contributed by atoms with Crippen LogP contribution in [0.25, 0.3) is 0 Å². The highest BCUT2D eigenvalue weighted by Crippen LogP contribution is 2.17. The van der Waals surface area contributed by atoms with Crippen molar-refractivity contribution in [3.8, 4) is 0 Å². The molecule has 0 aliphatic heterocycles. The fourth-order valence-corrected chi connectivity index (χ4v) is 9.07. The number of hydrogen-bond donors (Lipinski definition) is 0. The summed E-state index contributed by atoms with van der Waals surface area (Å²) in [6, 6.07) is 0. The maximum Gasteiger partial charge on any atom is 0.306 e. The van der Waals surface area contributed by atoms with Gasteiger partial charge < -0.3 is 14.2 Å². The maximum absolute atomic E-state index is 12.8. The smallest absolute Gasteiger partial charge is 0.306 e. The highest BCUT2D eigenvalue weighted by molar-refractivity contribution is 5.71. The first-order valence-electron chi connectivity index (χ1n) is 30.3. The van der Waals surface area contributed by atoms with Crippen LogP contribution >= 0.6 is 0 Å². The van der Waals surface area contributed by atoms with E-state index >= 15 is 0 Å². The average molecular weight is 958 g/mol. The fraction of sp³-hybridized carbons (Fsp3) is 0.887. The Hall–Kier alpha value is -2.11. The standard InChI is InChI=1S/C62H116O6/c1-4-7-10-13-16-19-22-24-25-26-27-28-29-30-31-32-33-34-35-36-38-40-43-46-49-52-55-61(64)67-58-59(57-66-60(63)54-51-48-45-42-39-21-18-15-12-9-6-3)68-62(65)56-53-50-47-44-41-37-23-20-17-14-11-8-5-2/h15,18,20,23,59H,4-14,16-17,19,21-22,24-58H2,1-3H3/b18-15-,23-20-. The van der Waals surface area contributed by atoms with Crippen molar-refractivity contribution >= 4 is 17.9 Å². The summed E-state index contributed by atoms with van der Waals surface area (Å²) in [5, 5.41) is 0. The molecule has 0 heterocycles. The van der Waals surface area contributed by atoms with Crippen molar-refractivity contribution < 1.29 is 28.6 Å². The minimum atomic E-state index is -0.775. The molecule has 0 saturated heterocycles. The molecule has 0 radical (unpaired) electrons. The van der Waals surface area contributed by atoms with Crippen molar-refractivity contribution in [3.63, 3.8) is 0 Å². The first kappa shape index (κ1) is 65.9. The van der Waals surface area contributed by atoms with Gasteiger partial charge in [0.05, 0.1) is 0 Å². The number of carbonyl (C=O) groups excluding carboxylic acids is 3. The van der Waals surface area contributed by atoms with Gasteiger partial charge in [-0.2, -0.15) is 0 Å². The van der Waals surface area contributed by atoms with Gasteiger partial charge in [0.2, 0.25) is 0 Å². The highest BCUT2D eigenvalue weighted by Gasteiger charge is 2.19. The third-order valence-corrected chi connectivity index (χ3v) is 13.7. The number of esters is 3. The van der Waals surface area contributed by atoms with Crippen LogP contribution in [0.3, 0.4) is 0 Å². The number of allylic oxidation sites excluding steroid dienone is 4. The Labute approximate surface area is 423 Å². The molecule has 6 nitrogen and oxygen atoms in total. The molecule has 0 saturated carbocycles. The summed E-state index contributed by atoms with van der Waals surface area (Å²) in [7, 11) is 0. The topological polar surface area (TPSA) is 78.9 Å². The number of hydrogen-bond acceptors (Lipinski definition) is 6. The van der Waals surface area contributed by atoms with Crippen molar-refractivity contribution in [3.05, 3.63) is 24.3 Å². The van der Waals surface area contributed by atoms with Crippen molar-refractivity contribution in [1.29, 1.82) is 0 Å². The van der Waals surface area contributed by atoms with E-state index in [9.17, 15) is 14.4 Å². The lowest BCUT2D eigenvalue weighted by Crippen LogP contribution is -2.30.